The van der Waals surface area contributed by atoms with E-state index in [4.69, 9.17) is 24.7 Å². The van der Waals surface area contributed by atoms with Gasteiger partial charge in [0.2, 0.25) is 5.88 Å². The van der Waals surface area contributed by atoms with Gasteiger partial charge in [-0.15, -0.1) is 0 Å². The maximum Gasteiger partial charge on any atom is 0.343 e. The summed E-state index contributed by atoms with van der Waals surface area (Å²) in [5, 5.41) is 9.77. The van der Waals surface area contributed by atoms with Gasteiger partial charge in [0.05, 0.1) is 24.7 Å². The predicted octanol–water partition coefficient (Wildman–Crippen LogP) is 4.92. The van der Waals surface area contributed by atoms with E-state index in [1.54, 1.807) is 42.5 Å². The molecule has 3 aromatic rings. The third-order valence-corrected chi connectivity index (χ3v) is 5.30. The number of nitriles is 1. The van der Waals surface area contributed by atoms with Crippen molar-refractivity contribution in [2.75, 3.05) is 13.2 Å². The zero-order chi connectivity index (χ0) is 24.1. The van der Waals surface area contributed by atoms with Crippen LogP contribution in [-0.2, 0) is 0 Å². The van der Waals surface area contributed by atoms with Crippen molar-refractivity contribution in [1.29, 1.82) is 5.26 Å². The third-order valence-electron chi connectivity index (χ3n) is 5.30. The van der Waals surface area contributed by atoms with E-state index < -0.39 is 11.9 Å². The van der Waals surface area contributed by atoms with Crippen LogP contribution in [-0.4, -0.2) is 19.2 Å². The van der Waals surface area contributed by atoms with Crippen molar-refractivity contribution in [3.05, 3.63) is 94.9 Å². The highest BCUT2D eigenvalue weighted by Crippen LogP contribution is 2.44. The minimum atomic E-state index is -0.513. The Morgan fingerprint density at radius 2 is 1.68 bits per heavy atom. The summed E-state index contributed by atoms with van der Waals surface area (Å²) >= 11 is 0. The lowest BCUT2D eigenvalue weighted by Crippen LogP contribution is -2.21. The van der Waals surface area contributed by atoms with Gasteiger partial charge in [0, 0.05) is 11.6 Å². The molecule has 1 atom stereocenters. The minimum absolute atomic E-state index is 0.0109. The number of rotatable bonds is 7. The quantitative estimate of drug-likeness (QED) is 0.397. The Labute approximate surface area is 197 Å². The van der Waals surface area contributed by atoms with E-state index in [9.17, 15) is 10.1 Å². The minimum Gasteiger partial charge on any atom is -0.494 e. The molecule has 1 aliphatic rings. The molecule has 2 N–H and O–H groups in total. The van der Waals surface area contributed by atoms with Gasteiger partial charge in [0.1, 0.15) is 34.6 Å². The van der Waals surface area contributed by atoms with Crippen LogP contribution in [0.5, 0.6) is 23.0 Å². The van der Waals surface area contributed by atoms with Crippen molar-refractivity contribution in [1.82, 2.24) is 0 Å². The largest absolute Gasteiger partial charge is 0.494 e. The molecule has 0 fully saturated rings. The smallest absolute Gasteiger partial charge is 0.343 e. The highest BCUT2D eigenvalue weighted by Gasteiger charge is 2.31. The molecule has 4 rings (SSSR count). The summed E-state index contributed by atoms with van der Waals surface area (Å²) in [6.07, 6.45) is 0. The van der Waals surface area contributed by atoms with Crippen LogP contribution >= 0.6 is 0 Å². The van der Waals surface area contributed by atoms with Crippen LogP contribution in [0.4, 0.5) is 0 Å². The first-order chi connectivity index (χ1) is 16.5. The molecular formula is C27H24N2O5. The number of nitrogens with two attached hydrogens (primary N) is 1. The number of benzene rings is 3. The van der Waals surface area contributed by atoms with Gasteiger partial charge < -0.3 is 24.7 Å². The summed E-state index contributed by atoms with van der Waals surface area (Å²) in [7, 11) is 0. The first kappa shape index (κ1) is 22.7. The number of ether oxygens (including phenoxy) is 4. The summed E-state index contributed by atoms with van der Waals surface area (Å²) in [6.45, 7) is 4.87. The summed E-state index contributed by atoms with van der Waals surface area (Å²) in [5.74, 6) is 1.15. The number of nitrogens with zero attached hydrogens (tertiary/aromatic N) is 1. The lowest BCUT2D eigenvalue weighted by molar-refractivity contribution is 0.0734. The van der Waals surface area contributed by atoms with Crippen LogP contribution in [0.15, 0.2) is 78.2 Å². The molecular weight excluding hydrogens is 432 g/mol. The summed E-state index contributed by atoms with van der Waals surface area (Å²) in [5.41, 5.74) is 8.37. The Morgan fingerprint density at radius 3 is 2.38 bits per heavy atom. The molecule has 0 aliphatic carbocycles. The van der Waals surface area contributed by atoms with E-state index in [1.165, 1.54) is 0 Å². The fourth-order valence-electron chi connectivity index (χ4n) is 3.81. The summed E-state index contributed by atoms with van der Waals surface area (Å²) in [6, 6.07) is 21.4. The SMILES string of the molecule is CCOc1ccc(C(=O)Oc2ccc3c(c2)OC(N)=C(C#N)C3c2cccc(OCC)c2)cc1. The lowest BCUT2D eigenvalue weighted by atomic mass is 9.83. The molecule has 0 saturated heterocycles. The Kier molecular flexibility index (Phi) is 6.69. The van der Waals surface area contributed by atoms with Crippen LogP contribution in [0, 0.1) is 11.3 Å². The molecule has 7 nitrogen and oxygen atoms in total. The number of esters is 1. The first-order valence-electron chi connectivity index (χ1n) is 10.9. The summed E-state index contributed by atoms with van der Waals surface area (Å²) in [4.78, 5) is 12.6. The molecule has 0 bridgehead atoms. The van der Waals surface area contributed by atoms with E-state index in [1.807, 2.05) is 38.1 Å². The van der Waals surface area contributed by atoms with Crippen molar-refractivity contribution in [3.8, 4) is 29.1 Å². The van der Waals surface area contributed by atoms with Crippen LogP contribution < -0.4 is 24.7 Å². The molecule has 0 amide bonds. The van der Waals surface area contributed by atoms with Gasteiger partial charge >= 0.3 is 5.97 Å². The van der Waals surface area contributed by atoms with Gasteiger partial charge in [-0.25, -0.2) is 4.79 Å². The Bertz CT molecular complexity index is 1270. The van der Waals surface area contributed by atoms with E-state index in [0.29, 0.717) is 47.3 Å². The maximum absolute atomic E-state index is 12.6. The van der Waals surface area contributed by atoms with E-state index in [-0.39, 0.29) is 5.88 Å². The predicted molar refractivity (Wildman–Crippen MR) is 126 cm³/mol. The number of allylic oxidation sites excluding steroid dienone is 1. The van der Waals surface area contributed by atoms with Crippen LogP contribution in [0.3, 0.4) is 0 Å². The average Bonchev–Trinajstić information content (AvgIpc) is 2.84. The van der Waals surface area contributed by atoms with Gasteiger partial charge in [0.15, 0.2) is 0 Å². The molecule has 0 aromatic heterocycles. The van der Waals surface area contributed by atoms with Gasteiger partial charge in [-0.05, 0) is 61.9 Å². The second kappa shape index (κ2) is 10.0. The van der Waals surface area contributed by atoms with Crippen molar-refractivity contribution in [3.63, 3.8) is 0 Å². The molecule has 3 aromatic carbocycles. The average molecular weight is 456 g/mol. The number of fused-ring (bicyclic) bond motifs is 1. The van der Waals surface area contributed by atoms with Crippen molar-refractivity contribution < 1.29 is 23.7 Å². The topological polar surface area (TPSA) is 104 Å². The van der Waals surface area contributed by atoms with E-state index in [2.05, 4.69) is 6.07 Å². The Hall–Kier alpha value is -4.44. The molecule has 7 heteroatoms. The number of hydrogen-bond donors (Lipinski definition) is 1. The monoisotopic (exact) mass is 456 g/mol. The van der Waals surface area contributed by atoms with Crippen molar-refractivity contribution in [2.45, 2.75) is 19.8 Å². The van der Waals surface area contributed by atoms with Crippen molar-refractivity contribution >= 4 is 5.97 Å². The molecule has 172 valence electrons. The van der Waals surface area contributed by atoms with Crippen LogP contribution in [0.25, 0.3) is 0 Å². The standard InChI is InChI=1S/C27H24N2O5/c1-3-31-19-10-8-17(9-11-19)27(30)33-21-12-13-22-24(15-21)34-26(29)23(16-28)25(22)18-6-5-7-20(14-18)32-4-2/h5-15,25H,3-4,29H2,1-2H3. The summed E-state index contributed by atoms with van der Waals surface area (Å²) < 4.78 is 22.3. The number of carbonyl (C=O) groups excluding carboxylic acids is 1. The number of hydrogen-bond acceptors (Lipinski definition) is 7. The zero-order valence-corrected chi connectivity index (χ0v) is 18.9. The Balaban J connectivity index is 1.63. The molecule has 0 radical (unpaired) electrons. The fourth-order valence-corrected chi connectivity index (χ4v) is 3.81. The fraction of sp³-hybridized carbons (Fsp3) is 0.185. The molecule has 1 aliphatic heterocycles. The zero-order valence-electron chi connectivity index (χ0n) is 18.9. The van der Waals surface area contributed by atoms with Gasteiger partial charge in [-0.1, -0.05) is 18.2 Å². The molecule has 1 heterocycles. The number of carbonyl (C=O) groups is 1. The highest BCUT2D eigenvalue weighted by molar-refractivity contribution is 5.91. The normalized spacial score (nSPS) is 14.4. The third kappa shape index (κ3) is 4.66. The first-order valence-corrected chi connectivity index (χ1v) is 10.9. The molecule has 34 heavy (non-hydrogen) atoms. The highest BCUT2D eigenvalue weighted by atomic mass is 16.5. The Morgan fingerprint density at radius 1 is 0.971 bits per heavy atom. The van der Waals surface area contributed by atoms with Gasteiger partial charge in [0.25, 0.3) is 0 Å². The molecule has 0 spiro atoms. The maximum atomic E-state index is 12.6. The van der Waals surface area contributed by atoms with E-state index >= 15 is 0 Å². The van der Waals surface area contributed by atoms with Crippen LogP contribution in [0.1, 0.15) is 41.3 Å². The second-order valence-corrected chi connectivity index (χ2v) is 7.48. The van der Waals surface area contributed by atoms with Gasteiger partial charge in [-0.3, -0.25) is 0 Å². The molecule has 1 unspecified atom stereocenters. The second-order valence-electron chi connectivity index (χ2n) is 7.48. The van der Waals surface area contributed by atoms with E-state index in [0.717, 1.165) is 11.1 Å². The lowest BCUT2D eigenvalue weighted by Gasteiger charge is -2.27. The molecule has 0 saturated carbocycles. The van der Waals surface area contributed by atoms with Gasteiger partial charge in [-0.2, -0.15) is 5.26 Å². The van der Waals surface area contributed by atoms with Crippen molar-refractivity contribution in [2.24, 2.45) is 5.73 Å². The van der Waals surface area contributed by atoms with Crippen LogP contribution in [0.2, 0.25) is 0 Å².